The van der Waals surface area contributed by atoms with Crippen molar-refractivity contribution in [3.63, 3.8) is 0 Å². The SMILES string of the molecule is C=CC(=O)Nc1cc(CC(=O)Oc2ccccc2)cc(C(F)(F)F)c1. The van der Waals surface area contributed by atoms with E-state index >= 15 is 0 Å². The van der Waals surface area contributed by atoms with Gasteiger partial charge in [-0.1, -0.05) is 24.8 Å². The molecule has 0 heterocycles. The van der Waals surface area contributed by atoms with E-state index in [1.54, 1.807) is 30.3 Å². The molecule has 0 radical (unpaired) electrons. The Hall–Kier alpha value is -3.09. The largest absolute Gasteiger partial charge is 0.426 e. The number of benzene rings is 2. The molecule has 2 rings (SSSR count). The zero-order chi connectivity index (χ0) is 18.4. The third-order valence-electron chi connectivity index (χ3n) is 3.10. The predicted molar refractivity (Wildman–Crippen MR) is 86.1 cm³/mol. The Kier molecular flexibility index (Phi) is 5.59. The average molecular weight is 349 g/mol. The van der Waals surface area contributed by atoms with Crippen molar-refractivity contribution in [2.75, 3.05) is 5.32 Å². The highest BCUT2D eigenvalue weighted by Gasteiger charge is 2.31. The average Bonchev–Trinajstić information content (AvgIpc) is 2.54. The Bertz CT molecular complexity index is 786. The van der Waals surface area contributed by atoms with Crippen LogP contribution in [-0.2, 0) is 22.2 Å². The molecule has 1 N–H and O–H groups in total. The number of carbonyl (C=O) groups is 2. The maximum atomic E-state index is 13.0. The lowest BCUT2D eigenvalue weighted by Gasteiger charge is -2.12. The van der Waals surface area contributed by atoms with Gasteiger partial charge in [0.1, 0.15) is 5.75 Å². The fourth-order valence-electron chi connectivity index (χ4n) is 2.05. The molecule has 0 saturated carbocycles. The van der Waals surface area contributed by atoms with Crippen LogP contribution in [0.15, 0.2) is 61.2 Å². The minimum atomic E-state index is -4.62. The van der Waals surface area contributed by atoms with Crippen molar-refractivity contribution >= 4 is 17.6 Å². The zero-order valence-electron chi connectivity index (χ0n) is 13.0. The van der Waals surface area contributed by atoms with E-state index in [4.69, 9.17) is 4.74 Å². The predicted octanol–water partition coefficient (Wildman–Crippen LogP) is 3.98. The number of amides is 1. The maximum absolute atomic E-state index is 13.0. The van der Waals surface area contributed by atoms with Gasteiger partial charge in [-0.15, -0.1) is 0 Å². The molecular formula is C18H14F3NO3. The van der Waals surface area contributed by atoms with E-state index in [-0.39, 0.29) is 17.7 Å². The summed E-state index contributed by atoms with van der Waals surface area (Å²) >= 11 is 0. The number of carbonyl (C=O) groups excluding carboxylic acids is 2. The number of esters is 1. The summed E-state index contributed by atoms with van der Waals surface area (Å²) in [4.78, 5) is 23.2. The Morgan fingerprint density at radius 1 is 1.12 bits per heavy atom. The van der Waals surface area contributed by atoms with Gasteiger partial charge in [0.15, 0.2) is 0 Å². The molecule has 0 aromatic heterocycles. The first-order chi connectivity index (χ1) is 11.8. The van der Waals surface area contributed by atoms with E-state index in [1.165, 1.54) is 6.07 Å². The lowest BCUT2D eigenvalue weighted by atomic mass is 10.1. The number of para-hydroxylation sites is 1. The molecule has 0 aliphatic heterocycles. The van der Waals surface area contributed by atoms with Gasteiger partial charge in [0.05, 0.1) is 12.0 Å². The monoisotopic (exact) mass is 349 g/mol. The van der Waals surface area contributed by atoms with E-state index < -0.39 is 23.6 Å². The van der Waals surface area contributed by atoms with Crippen LogP contribution in [0.3, 0.4) is 0 Å². The van der Waals surface area contributed by atoms with Gasteiger partial charge in [-0.2, -0.15) is 13.2 Å². The number of anilines is 1. The minimum Gasteiger partial charge on any atom is -0.426 e. The molecule has 130 valence electrons. The summed E-state index contributed by atoms with van der Waals surface area (Å²) in [5, 5.41) is 2.26. The van der Waals surface area contributed by atoms with Crippen LogP contribution < -0.4 is 10.1 Å². The molecule has 0 bridgehead atoms. The van der Waals surface area contributed by atoms with Crippen LogP contribution in [0, 0.1) is 0 Å². The van der Waals surface area contributed by atoms with Crippen molar-refractivity contribution < 1.29 is 27.5 Å². The molecule has 0 unspecified atom stereocenters. The Morgan fingerprint density at radius 3 is 2.40 bits per heavy atom. The van der Waals surface area contributed by atoms with Crippen LogP contribution in [0.25, 0.3) is 0 Å². The first-order valence-electron chi connectivity index (χ1n) is 7.18. The molecule has 25 heavy (non-hydrogen) atoms. The maximum Gasteiger partial charge on any atom is 0.416 e. The normalized spacial score (nSPS) is 10.8. The van der Waals surface area contributed by atoms with Gasteiger partial charge < -0.3 is 10.1 Å². The quantitative estimate of drug-likeness (QED) is 0.505. The lowest BCUT2D eigenvalue weighted by Crippen LogP contribution is -2.14. The highest BCUT2D eigenvalue weighted by Crippen LogP contribution is 2.32. The van der Waals surface area contributed by atoms with Crippen LogP contribution in [0.1, 0.15) is 11.1 Å². The third-order valence-corrected chi connectivity index (χ3v) is 3.10. The summed E-state index contributed by atoms with van der Waals surface area (Å²) in [6, 6.07) is 11.1. The minimum absolute atomic E-state index is 0.0649. The second-order valence-electron chi connectivity index (χ2n) is 5.07. The molecule has 4 nitrogen and oxygen atoms in total. The van der Waals surface area contributed by atoms with Crippen LogP contribution in [0.5, 0.6) is 5.75 Å². The molecule has 0 aliphatic carbocycles. The highest BCUT2D eigenvalue weighted by atomic mass is 19.4. The second-order valence-corrected chi connectivity index (χ2v) is 5.07. The summed E-state index contributed by atoms with van der Waals surface area (Å²) in [5.41, 5.74) is -0.991. The topological polar surface area (TPSA) is 55.4 Å². The molecule has 7 heteroatoms. The van der Waals surface area contributed by atoms with Gasteiger partial charge in [-0.3, -0.25) is 9.59 Å². The Morgan fingerprint density at radius 2 is 1.80 bits per heavy atom. The Labute approximate surface area is 141 Å². The third kappa shape index (κ3) is 5.49. The molecule has 0 fully saturated rings. The lowest BCUT2D eigenvalue weighted by molar-refractivity contribution is -0.138. The first-order valence-corrected chi connectivity index (χ1v) is 7.18. The number of alkyl halides is 3. The van der Waals surface area contributed by atoms with Crippen LogP contribution in [-0.4, -0.2) is 11.9 Å². The van der Waals surface area contributed by atoms with Crippen LogP contribution in [0.4, 0.5) is 18.9 Å². The van der Waals surface area contributed by atoms with E-state index in [2.05, 4.69) is 11.9 Å². The molecule has 0 saturated heterocycles. The number of hydrogen-bond donors (Lipinski definition) is 1. The summed E-state index contributed by atoms with van der Waals surface area (Å²) in [5.74, 6) is -1.08. The summed E-state index contributed by atoms with van der Waals surface area (Å²) in [7, 11) is 0. The molecule has 0 spiro atoms. The Balaban J connectivity index is 2.23. The molecule has 2 aromatic rings. The first kappa shape index (κ1) is 18.3. The van der Waals surface area contributed by atoms with E-state index in [0.717, 1.165) is 18.2 Å². The molecule has 2 aromatic carbocycles. The van der Waals surface area contributed by atoms with Crippen molar-refractivity contribution in [3.05, 3.63) is 72.3 Å². The van der Waals surface area contributed by atoms with Crippen molar-refractivity contribution in [1.29, 1.82) is 0 Å². The number of rotatable bonds is 5. The fraction of sp³-hybridized carbons (Fsp3) is 0.111. The van der Waals surface area contributed by atoms with Crippen molar-refractivity contribution in [3.8, 4) is 5.75 Å². The molecule has 0 aliphatic rings. The molecule has 0 atom stereocenters. The fourth-order valence-corrected chi connectivity index (χ4v) is 2.05. The van der Waals surface area contributed by atoms with Gasteiger partial charge in [-0.25, -0.2) is 0 Å². The van der Waals surface area contributed by atoms with E-state index in [0.29, 0.717) is 5.75 Å². The number of halogens is 3. The number of nitrogens with one attached hydrogen (secondary N) is 1. The second kappa shape index (κ2) is 7.65. The summed E-state index contributed by atoms with van der Waals surface area (Å²) < 4.78 is 44.1. The van der Waals surface area contributed by atoms with Gasteiger partial charge in [0, 0.05) is 5.69 Å². The van der Waals surface area contributed by atoms with Gasteiger partial charge in [0.25, 0.3) is 0 Å². The van der Waals surface area contributed by atoms with Crippen molar-refractivity contribution in [2.45, 2.75) is 12.6 Å². The summed E-state index contributed by atoms with van der Waals surface area (Å²) in [6.07, 6.45) is -4.06. The van der Waals surface area contributed by atoms with E-state index in [1.807, 2.05) is 0 Å². The standard InChI is InChI=1S/C18H14F3NO3/c1-2-16(23)22-14-9-12(8-13(11-14)18(19,20)21)10-17(24)25-15-6-4-3-5-7-15/h2-9,11H,1,10H2,(H,22,23). The number of ether oxygens (including phenoxy) is 1. The van der Waals surface area contributed by atoms with Gasteiger partial charge >= 0.3 is 12.1 Å². The van der Waals surface area contributed by atoms with Crippen LogP contribution in [0.2, 0.25) is 0 Å². The molecule has 1 amide bonds. The van der Waals surface area contributed by atoms with Crippen LogP contribution >= 0.6 is 0 Å². The van der Waals surface area contributed by atoms with Gasteiger partial charge in [-0.05, 0) is 42.0 Å². The van der Waals surface area contributed by atoms with Crippen molar-refractivity contribution in [1.82, 2.24) is 0 Å². The highest BCUT2D eigenvalue weighted by molar-refractivity contribution is 5.99. The van der Waals surface area contributed by atoms with Crippen molar-refractivity contribution in [2.24, 2.45) is 0 Å². The van der Waals surface area contributed by atoms with Gasteiger partial charge in [0.2, 0.25) is 5.91 Å². The van der Waals surface area contributed by atoms with E-state index in [9.17, 15) is 22.8 Å². The summed E-state index contributed by atoms with van der Waals surface area (Å²) in [6.45, 7) is 3.24. The molecular weight excluding hydrogens is 335 g/mol. The zero-order valence-corrected chi connectivity index (χ0v) is 13.0. The number of hydrogen-bond acceptors (Lipinski definition) is 3. The smallest absolute Gasteiger partial charge is 0.416 e.